The topological polar surface area (TPSA) is 71.6 Å². The van der Waals surface area contributed by atoms with Crippen LogP contribution in [0.2, 0.25) is 0 Å². The first kappa shape index (κ1) is 19.3. The Bertz CT molecular complexity index is 609. The molecule has 6 nitrogen and oxygen atoms in total. The normalized spacial score (nSPS) is 19.6. The third-order valence-corrected chi connectivity index (χ3v) is 4.66. The molecular weight excluding hydrogens is 338 g/mol. The maximum atomic E-state index is 12.3. The van der Waals surface area contributed by atoms with Crippen LogP contribution in [-0.2, 0) is 0 Å². The van der Waals surface area contributed by atoms with E-state index in [0.29, 0.717) is 40.7 Å². The molecule has 0 aromatic heterocycles. The van der Waals surface area contributed by atoms with Gasteiger partial charge in [-0.25, -0.2) is 0 Å². The van der Waals surface area contributed by atoms with Crippen LogP contribution in [0.1, 0.15) is 49.9 Å². The van der Waals surface area contributed by atoms with Crippen LogP contribution in [0.25, 0.3) is 0 Å². The highest BCUT2D eigenvalue weighted by Crippen LogP contribution is 2.28. The van der Waals surface area contributed by atoms with Gasteiger partial charge < -0.3 is 14.8 Å². The summed E-state index contributed by atoms with van der Waals surface area (Å²) >= 11 is 5.28. The first-order valence-corrected chi connectivity index (χ1v) is 9.13. The summed E-state index contributed by atoms with van der Waals surface area (Å²) in [5.41, 5.74) is 5.85. The lowest BCUT2D eigenvalue weighted by Gasteiger charge is -2.30. The number of hydrazine groups is 1. The van der Waals surface area contributed by atoms with Crippen molar-refractivity contribution < 1.29 is 14.3 Å². The van der Waals surface area contributed by atoms with Crippen molar-refractivity contribution in [3.8, 4) is 11.5 Å². The van der Waals surface area contributed by atoms with E-state index in [0.717, 1.165) is 6.42 Å². The van der Waals surface area contributed by atoms with Crippen LogP contribution < -0.4 is 25.6 Å². The minimum atomic E-state index is -0.290. The molecule has 0 aliphatic heterocycles. The minimum Gasteiger partial charge on any atom is -0.493 e. The predicted octanol–water partition coefficient (Wildman–Crippen LogP) is 2.78. The Kier molecular flexibility index (Phi) is 7.31. The molecule has 1 aliphatic rings. The summed E-state index contributed by atoms with van der Waals surface area (Å²) in [6, 6.07) is 5.40. The number of thiocarbonyl (C=S) groups is 1. The Morgan fingerprint density at radius 1 is 1.24 bits per heavy atom. The van der Waals surface area contributed by atoms with Crippen molar-refractivity contribution in [3.05, 3.63) is 23.8 Å². The Morgan fingerprint density at radius 3 is 2.68 bits per heavy atom. The van der Waals surface area contributed by atoms with Crippen LogP contribution in [0, 0.1) is 5.92 Å². The third kappa shape index (κ3) is 5.49. The standard InChI is InChI=1S/C18H27N3O3S/c1-4-24-15-10-9-13(11-16(15)23-3)17(22)20-21-18(25)19-14-8-6-5-7-12(14)2/h9-12,14H,4-8H2,1-3H3,(H,20,22)(H2,19,21,25)/t12-,14-/m0/s1. The smallest absolute Gasteiger partial charge is 0.269 e. The maximum Gasteiger partial charge on any atom is 0.269 e. The molecule has 0 radical (unpaired) electrons. The number of ether oxygens (including phenoxy) is 2. The first-order valence-electron chi connectivity index (χ1n) is 8.72. The summed E-state index contributed by atoms with van der Waals surface area (Å²) < 4.78 is 10.7. The van der Waals surface area contributed by atoms with E-state index in [-0.39, 0.29) is 5.91 Å². The highest BCUT2D eigenvalue weighted by molar-refractivity contribution is 7.80. The summed E-state index contributed by atoms with van der Waals surface area (Å²) in [5.74, 6) is 1.42. The molecule has 1 amide bonds. The number of hydrogen-bond donors (Lipinski definition) is 3. The number of carbonyl (C=O) groups excluding carboxylic acids is 1. The van der Waals surface area contributed by atoms with Crippen LogP contribution in [0.4, 0.5) is 0 Å². The summed E-state index contributed by atoms with van der Waals surface area (Å²) in [6.45, 7) is 4.65. The molecule has 1 aliphatic carbocycles. The molecule has 138 valence electrons. The van der Waals surface area contributed by atoms with E-state index in [1.165, 1.54) is 19.3 Å². The number of nitrogens with one attached hydrogen (secondary N) is 3. The molecule has 25 heavy (non-hydrogen) atoms. The number of carbonyl (C=O) groups is 1. The fraction of sp³-hybridized carbons (Fsp3) is 0.556. The summed E-state index contributed by atoms with van der Waals surface area (Å²) in [4.78, 5) is 12.3. The monoisotopic (exact) mass is 365 g/mol. The molecule has 0 unspecified atom stereocenters. The van der Waals surface area contributed by atoms with Crippen LogP contribution >= 0.6 is 12.2 Å². The number of amides is 1. The summed E-state index contributed by atoms with van der Waals surface area (Å²) in [6.07, 6.45) is 4.80. The highest BCUT2D eigenvalue weighted by Gasteiger charge is 2.21. The molecule has 1 saturated carbocycles. The lowest BCUT2D eigenvalue weighted by atomic mass is 9.86. The number of methoxy groups -OCH3 is 1. The van der Waals surface area contributed by atoms with E-state index < -0.39 is 0 Å². The zero-order valence-corrected chi connectivity index (χ0v) is 15.9. The van der Waals surface area contributed by atoms with Crippen molar-refractivity contribution in [1.82, 2.24) is 16.2 Å². The second-order valence-electron chi connectivity index (χ2n) is 6.22. The average molecular weight is 365 g/mol. The molecule has 0 bridgehead atoms. The molecule has 0 saturated heterocycles. The van der Waals surface area contributed by atoms with Gasteiger partial charge in [-0.15, -0.1) is 0 Å². The Balaban J connectivity index is 1.88. The van der Waals surface area contributed by atoms with Gasteiger partial charge in [0.2, 0.25) is 0 Å². The summed E-state index contributed by atoms with van der Waals surface area (Å²) in [7, 11) is 1.54. The van der Waals surface area contributed by atoms with Crippen LogP contribution in [0.15, 0.2) is 18.2 Å². The van der Waals surface area contributed by atoms with E-state index >= 15 is 0 Å². The number of rotatable bonds is 5. The Morgan fingerprint density at radius 2 is 2.00 bits per heavy atom. The molecule has 0 spiro atoms. The zero-order chi connectivity index (χ0) is 18.2. The van der Waals surface area contributed by atoms with E-state index in [2.05, 4.69) is 23.1 Å². The zero-order valence-electron chi connectivity index (χ0n) is 15.1. The fourth-order valence-electron chi connectivity index (χ4n) is 3.00. The minimum absolute atomic E-state index is 0.290. The Hall–Kier alpha value is -2.02. The molecule has 1 aromatic rings. The predicted molar refractivity (Wildman–Crippen MR) is 102 cm³/mol. The molecular formula is C18H27N3O3S. The molecule has 0 heterocycles. The molecule has 2 rings (SSSR count). The van der Waals surface area contributed by atoms with E-state index in [9.17, 15) is 4.79 Å². The van der Waals surface area contributed by atoms with Gasteiger partial charge in [0.25, 0.3) is 5.91 Å². The molecule has 3 N–H and O–H groups in total. The number of hydrogen-bond acceptors (Lipinski definition) is 4. The quantitative estimate of drug-likeness (QED) is 0.551. The fourth-order valence-corrected chi connectivity index (χ4v) is 3.21. The van der Waals surface area contributed by atoms with Gasteiger partial charge in [0.05, 0.1) is 13.7 Å². The second-order valence-corrected chi connectivity index (χ2v) is 6.63. The summed E-state index contributed by atoms with van der Waals surface area (Å²) in [5, 5.41) is 3.72. The SMILES string of the molecule is CCOc1ccc(C(=O)NNC(=S)N[C@H]2CCCC[C@@H]2C)cc1OC. The van der Waals surface area contributed by atoms with E-state index in [1.807, 2.05) is 6.92 Å². The van der Waals surface area contributed by atoms with E-state index in [4.69, 9.17) is 21.7 Å². The van der Waals surface area contributed by atoms with Crippen molar-refractivity contribution in [2.24, 2.45) is 5.92 Å². The van der Waals surface area contributed by atoms with Gasteiger partial charge >= 0.3 is 0 Å². The van der Waals surface area contributed by atoms with Crippen molar-refractivity contribution in [2.45, 2.75) is 45.6 Å². The van der Waals surface area contributed by atoms with Gasteiger partial charge in [0, 0.05) is 11.6 Å². The van der Waals surface area contributed by atoms with Crippen LogP contribution in [0.3, 0.4) is 0 Å². The van der Waals surface area contributed by atoms with E-state index in [1.54, 1.807) is 25.3 Å². The molecule has 7 heteroatoms. The first-order chi connectivity index (χ1) is 12.0. The third-order valence-electron chi connectivity index (χ3n) is 4.44. The molecule has 1 fully saturated rings. The second kappa shape index (κ2) is 9.46. The van der Waals surface area contributed by atoms with Gasteiger partial charge in [-0.1, -0.05) is 19.8 Å². The van der Waals surface area contributed by atoms with Crippen molar-refractivity contribution in [1.29, 1.82) is 0 Å². The van der Waals surface area contributed by atoms with Gasteiger partial charge in [0.15, 0.2) is 16.6 Å². The van der Waals surface area contributed by atoms with Crippen LogP contribution in [0.5, 0.6) is 11.5 Å². The maximum absolute atomic E-state index is 12.3. The number of benzene rings is 1. The molecule has 2 atom stereocenters. The van der Waals surface area contributed by atoms with Crippen molar-refractivity contribution in [2.75, 3.05) is 13.7 Å². The average Bonchev–Trinajstić information content (AvgIpc) is 2.62. The lowest BCUT2D eigenvalue weighted by molar-refractivity contribution is 0.0943. The Labute approximate surface area is 154 Å². The highest BCUT2D eigenvalue weighted by atomic mass is 32.1. The van der Waals surface area contributed by atoms with Gasteiger partial charge in [-0.3, -0.25) is 15.6 Å². The van der Waals surface area contributed by atoms with Crippen molar-refractivity contribution >= 4 is 23.2 Å². The van der Waals surface area contributed by atoms with Crippen molar-refractivity contribution in [3.63, 3.8) is 0 Å². The van der Waals surface area contributed by atoms with Crippen LogP contribution in [-0.4, -0.2) is 30.8 Å². The lowest BCUT2D eigenvalue weighted by Crippen LogP contribution is -2.51. The largest absolute Gasteiger partial charge is 0.493 e. The molecule has 1 aromatic carbocycles. The van der Waals surface area contributed by atoms with Gasteiger partial charge in [-0.05, 0) is 56.1 Å². The van der Waals surface area contributed by atoms with Gasteiger partial charge in [0.1, 0.15) is 0 Å². The van der Waals surface area contributed by atoms with Gasteiger partial charge in [-0.2, -0.15) is 0 Å².